The number of nitriles is 1. The molecular weight excluding hydrogens is 316 g/mol. The first-order valence-electron chi connectivity index (χ1n) is 7.09. The maximum atomic E-state index is 8.85. The normalized spacial score (nSPS) is 15.5. The molecule has 0 bridgehead atoms. The zero-order valence-corrected chi connectivity index (χ0v) is 13.8. The Kier molecular flexibility index (Phi) is 4.87. The summed E-state index contributed by atoms with van der Waals surface area (Å²) in [4.78, 5) is 13.7. The van der Waals surface area contributed by atoms with Crippen LogP contribution in [0.1, 0.15) is 23.5 Å². The van der Waals surface area contributed by atoms with Gasteiger partial charge in [0.1, 0.15) is 27.6 Å². The first-order chi connectivity index (χ1) is 10.7. The van der Waals surface area contributed by atoms with Crippen LogP contribution in [0.3, 0.4) is 0 Å². The fourth-order valence-electron chi connectivity index (χ4n) is 2.24. The summed E-state index contributed by atoms with van der Waals surface area (Å²) < 4.78 is 0. The van der Waals surface area contributed by atoms with Crippen molar-refractivity contribution < 1.29 is 0 Å². The van der Waals surface area contributed by atoms with Crippen LogP contribution in [0, 0.1) is 18.3 Å². The number of aryl methyl sites for hydroxylation is 1. The fourth-order valence-corrected chi connectivity index (χ4v) is 4.04. The average molecular weight is 332 g/mol. The van der Waals surface area contributed by atoms with Crippen molar-refractivity contribution in [3.8, 4) is 6.07 Å². The lowest BCUT2D eigenvalue weighted by atomic mass is 10.2. The van der Waals surface area contributed by atoms with E-state index >= 15 is 0 Å². The molecule has 0 radical (unpaired) electrons. The number of nitrogens with zero attached hydrogens (tertiary/aromatic N) is 4. The van der Waals surface area contributed by atoms with Crippen LogP contribution >= 0.6 is 23.1 Å². The second kappa shape index (κ2) is 7.05. The van der Waals surface area contributed by atoms with E-state index in [0.29, 0.717) is 15.3 Å². The van der Waals surface area contributed by atoms with Crippen molar-refractivity contribution in [2.24, 2.45) is 0 Å². The molecule has 0 saturated carbocycles. The number of thiazole rings is 1. The van der Waals surface area contributed by atoms with Crippen molar-refractivity contribution in [1.82, 2.24) is 20.3 Å². The summed E-state index contributed by atoms with van der Waals surface area (Å²) in [6.45, 7) is 4.03. The predicted octanol–water partition coefficient (Wildman–Crippen LogP) is 2.70. The highest BCUT2D eigenvalue weighted by molar-refractivity contribution is 7.99. The van der Waals surface area contributed by atoms with Gasteiger partial charge < -0.3 is 10.6 Å². The molecule has 0 aliphatic carbocycles. The lowest BCUT2D eigenvalue weighted by molar-refractivity contribution is 0.531. The lowest BCUT2D eigenvalue weighted by Gasteiger charge is -2.21. The van der Waals surface area contributed by atoms with Gasteiger partial charge in [-0.3, -0.25) is 0 Å². The molecule has 0 unspecified atom stereocenters. The van der Waals surface area contributed by atoms with Crippen LogP contribution in [0.4, 0.5) is 10.9 Å². The minimum absolute atomic E-state index is 0.581. The van der Waals surface area contributed by atoms with Crippen molar-refractivity contribution >= 4 is 34.0 Å². The molecule has 8 heteroatoms. The smallest absolute Gasteiger partial charge is 0.189 e. The van der Waals surface area contributed by atoms with Gasteiger partial charge in [-0.2, -0.15) is 5.26 Å². The van der Waals surface area contributed by atoms with Gasteiger partial charge in [0.05, 0.1) is 6.20 Å². The number of aromatic nitrogens is 3. The number of thioether (sulfide) groups is 1. The predicted molar refractivity (Wildman–Crippen MR) is 88.6 cm³/mol. The molecule has 114 valence electrons. The fraction of sp³-hybridized carbons (Fsp3) is 0.429. The van der Waals surface area contributed by atoms with Gasteiger partial charge in [-0.05, 0) is 32.9 Å². The number of nitrogens with one attached hydrogen (secondary N) is 2. The Labute approximate surface area is 137 Å². The zero-order chi connectivity index (χ0) is 15.4. The monoisotopic (exact) mass is 332 g/mol. The number of hydrogen-bond donors (Lipinski definition) is 2. The molecule has 0 amide bonds. The Morgan fingerprint density at radius 1 is 1.41 bits per heavy atom. The molecule has 2 N–H and O–H groups in total. The minimum atomic E-state index is 0.581. The van der Waals surface area contributed by atoms with E-state index in [0.717, 1.165) is 42.6 Å². The first kappa shape index (κ1) is 15.2. The first-order valence-corrected chi connectivity index (χ1v) is 8.78. The van der Waals surface area contributed by atoms with Crippen molar-refractivity contribution in [3.63, 3.8) is 0 Å². The van der Waals surface area contributed by atoms with Gasteiger partial charge in [-0.1, -0.05) is 11.3 Å². The molecule has 22 heavy (non-hydrogen) atoms. The second-order valence-electron chi connectivity index (χ2n) is 4.97. The van der Waals surface area contributed by atoms with Crippen LogP contribution in [0.25, 0.3) is 0 Å². The number of piperidine rings is 1. The van der Waals surface area contributed by atoms with Crippen LogP contribution in [0.5, 0.6) is 0 Å². The molecule has 2 aromatic rings. The quantitative estimate of drug-likeness (QED) is 0.832. The highest BCUT2D eigenvalue weighted by atomic mass is 32.2. The van der Waals surface area contributed by atoms with Crippen LogP contribution in [0.15, 0.2) is 17.3 Å². The highest BCUT2D eigenvalue weighted by Gasteiger charge is 2.16. The second-order valence-corrected chi connectivity index (χ2v) is 7.32. The van der Waals surface area contributed by atoms with E-state index in [4.69, 9.17) is 5.26 Å². The third kappa shape index (κ3) is 3.94. The molecule has 6 nitrogen and oxygen atoms in total. The Balaban J connectivity index is 1.72. The van der Waals surface area contributed by atoms with E-state index in [1.165, 1.54) is 11.3 Å². The standard InChI is InChI=1S/C14H16N6S2/c1-9-18-12(20-14-17-8-11(7-15)22-14)6-13(19-9)21-10-2-4-16-5-3-10/h6,8,10,16H,2-5H2,1H3,(H,17,18,19,20). The van der Waals surface area contributed by atoms with Crippen molar-refractivity contribution in [2.45, 2.75) is 30.0 Å². The molecule has 1 saturated heterocycles. The van der Waals surface area contributed by atoms with Crippen LogP contribution in [-0.2, 0) is 0 Å². The lowest BCUT2D eigenvalue weighted by Crippen LogP contribution is -2.29. The summed E-state index contributed by atoms with van der Waals surface area (Å²) in [5, 5.41) is 17.6. The topological polar surface area (TPSA) is 86.5 Å². The van der Waals surface area contributed by atoms with Crippen molar-refractivity contribution in [3.05, 3.63) is 23.0 Å². The molecule has 0 spiro atoms. The zero-order valence-electron chi connectivity index (χ0n) is 12.2. The molecule has 3 rings (SSSR count). The third-order valence-electron chi connectivity index (χ3n) is 3.24. The largest absolute Gasteiger partial charge is 0.317 e. The number of rotatable bonds is 4. The van der Waals surface area contributed by atoms with Gasteiger partial charge >= 0.3 is 0 Å². The van der Waals surface area contributed by atoms with Gasteiger partial charge in [0.25, 0.3) is 0 Å². The van der Waals surface area contributed by atoms with Crippen molar-refractivity contribution in [1.29, 1.82) is 5.26 Å². The Morgan fingerprint density at radius 3 is 2.95 bits per heavy atom. The summed E-state index contributed by atoms with van der Waals surface area (Å²) in [6, 6.07) is 4.03. The SMILES string of the molecule is Cc1nc(Nc2ncc(C#N)s2)cc(SC2CCNCC2)n1. The minimum Gasteiger partial charge on any atom is -0.317 e. The van der Waals surface area contributed by atoms with E-state index in [1.807, 2.05) is 24.8 Å². The molecule has 1 aliphatic rings. The van der Waals surface area contributed by atoms with Gasteiger partial charge in [0, 0.05) is 11.3 Å². The molecule has 0 atom stereocenters. The third-order valence-corrected chi connectivity index (χ3v) is 5.31. The molecule has 1 aliphatic heterocycles. The molecule has 2 aromatic heterocycles. The Hall–Kier alpha value is -1.69. The summed E-state index contributed by atoms with van der Waals surface area (Å²) in [5.41, 5.74) is 0. The Morgan fingerprint density at radius 2 is 2.23 bits per heavy atom. The van der Waals surface area contributed by atoms with Gasteiger partial charge in [-0.15, -0.1) is 11.8 Å². The van der Waals surface area contributed by atoms with Crippen LogP contribution in [0.2, 0.25) is 0 Å². The Bertz CT molecular complexity index is 687. The van der Waals surface area contributed by atoms with Gasteiger partial charge in [0.15, 0.2) is 5.13 Å². The van der Waals surface area contributed by atoms with Crippen LogP contribution < -0.4 is 10.6 Å². The summed E-state index contributed by atoms with van der Waals surface area (Å²) in [7, 11) is 0. The summed E-state index contributed by atoms with van der Waals surface area (Å²) >= 11 is 3.13. The van der Waals surface area contributed by atoms with E-state index in [1.54, 1.807) is 6.20 Å². The maximum absolute atomic E-state index is 8.85. The van der Waals surface area contributed by atoms with E-state index in [2.05, 4.69) is 31.7 Å². The maximum Gasteiger partial charge on any atom is 0.189 e. The van der Waals surface area contributed by atoms with E-state index in [9.17, 15) is 0 Å². The molecule has 3 heterocycles. The molecular formula is C14H16N6S2. The molecule has 1 fully saturated rings. The number of hydrogen-bond acceptors (Lipinski definition) is 8. The molecule has 0 aromatic carbocycles. The highest BCUT2D eigenvalue weighted by Crippen LogP contribution is 2.29. The van der Waals surface area contributed by atoms with Gasteiger partial charge in [-0.25, -0.2) is 15.0 Å². The summed E-state index contributed by atoms with van der Waals surface area (Å²) in [6.07, 6.45) is 3.88. The van der Waals surface area contributed by atoms with Crippen LogP contribution in [-0.4, -0.2) is 33.3 Å². The average Bonchev–Trinajstić information content (AvgIpc) is 2.95. The number of anilines is 2. The van der Waals surface area contributed by atoms with Gasteiger partial charge in [0.2, 0.25) is 0 Å². The van der Waals surface area contributed by atoms with Crippen molar-refractivity contribution in [2.75, 3.05) is 18.4 Å². The van der Waals surface area contributed by atoms with E-state index in [-0.39, 0.29) is 0 Å². The summed E-state index contributed by atoms with van der Waals surface area (Å²) in [5.74, 6) is 1.46. The van der Waals surface area contributed by atoms with E-state index < -0.39 is 0 Å².